The van der Waals surface area contributed by atoms with E-state index in [1.165, 1.54) is 23.4 Å². The van der Waals surface area contributed by atoms with Crippen molar-refractivity contribution in [2.75, 3.05) is 5.73 Å². The van der Waals surface area contributed by atoms with Crippen molar-refractivity contribution in [3.05, 3.63) is 93.0 Å². The van der Waals surface area contributed by atoms with Crippen LogP contribution in [-0.2, 0) is 43.3 Å². The van der Waals surface area contributed by atoms with E-state index in [0.29, 0.717) is 32.8 Å². The van der Waals surface area contributed by atoms with Gasteiger partial charge in [0, 0.05) is 41.5 Å². The van der Waals surface area contributed by atoms with Crippen molar-refractivity contribution in [1.82, 2.24) is 29.9 Å². The van der Waals surface area contributed by atoms with Gasteiger partial charge in [0.2, 0.25) is 5.91 Å². The summed E-state index contributed by atoms with van der Waals surface area (Å²) in [6.07, 6.45) is -5.00. The predicted molar refractivity (Wildman–Crippen MR) is 192 cm³/mol. The van der Waals surface area contributed by atoms with Crippen LogP contribution in [0.4, 0.5) is 36.6 Å². The van der Waals surface area contributed by atoms with Crippen molar-refractivity contribution in [3.8, 4) is 23.0 Å². The first-order valence-electron chi connectivity index (χ1n) is 16.9. The summed E-state index contributed by atoms with van der Waals surface area (Å²) >= 11 is 7.80. The largest absolute Gasteiger partial charge is 0.435 e. The molecule has 5 aromatic rings. The number of thioether (sulfide) groups is 1. The maximum absolute atomic E-state index is 14.9. The van der Waals surface area contributed by atoms with E-state index >= 15 is 0 Å². The molecule has 0 aliphatic heterocycles. The van der Waals surface area contributed by atoms with Gasteiger partial charge in [-0.2, -0.15) is 32.1 Å². The number of carbonyl (C=O) groups excluding carboxylic acids is 1. The highest BCUT2D eigenvalue weighted by atomic mass is 35.5. The van der Waals surface area contributed by atoms with Crippen molar-refractivity contribution in [1.29, 1.82) is 0 Å². The third-order valence-electron chi connectivity index (χ3n) is 9.20. The van der Waals surface area contributed by atoms with Crippen LogP contribution in [0.15, 0.2) is 42.5 Å². The molecule has 2 aromatic carbocycles. The first-order chi connectivity index (χ1) is 25.8. The lowest BCUT2D eigenvalue weighted by molar-refractivity contribution is -0.142. The molecule has 2 aliphatic carbocycles. The maximum atomic E-state index is 14.9. The Balaban J connectivity index is 1.37. The molecule has 9 nitrogen and oxygen atoms in total. The summed E-state index contributed by atoms with van der Waals surface area (Å²) in [6.45, 7) is 0.484. The number of amides is 1. The number of nitrogens with two attached hydrogens (primary N) is 1. The minimum atomic E-state index is -5.06. The molecule has 55 heavy (non-hydrogen) atoms. The van der Waals surface area contributed by atoms with E-state index in [9.17, 15) is 40.6 Å². The second kappa shape index (κ2) is 14.1. The molecular formula is C37H31ClF7N7O2S. The van der Waals surface area contributed by atoms with Crippen LogP contribution in [0.5, 0.6) is 0 Å². The topological polar surface area (TPSA) is 124 Å². The minimum absolute atomic E-state index is 0.0488. The second-order valence-electron chi connectivity index (χ2n) is 13.6. The zero-order chi connectivity index (χ0) is 39.6. The number of nitrogens with zero attached hydrogens (tertiary/aromatic N) is 5. The standard InChI is InChI=1S/C37H31ClF7N7O2S/c1-35(54,55-22-4-5-22)11-9-21-3-6-23(24-7-8-26(38)29-31(24)51(2)50-34(29)46)30(47-21)27(15-18-13-19(39)16-20(40)14-18)48-28(53)17-52-33-25(10-12-36(33,41)42)32(49-52)37(43,44)45/h3,6-8,13-14,16,22,27,54H,4-5,10,12,15,17H2,1-2H3,(H2,46,50)(H,48,53). The van der Waals surface area contributed by atoms with E-state index < -0.39 is 77.0 Å². The lowest BCUT2D eigenvalue weighted by Crippen LogP contribution is -2.35. The summed E-state index contributed by atoms with van der Waals surface area (Å²) in [5.74, 6) is -0.826. The van der Waals surface area contributed by atoms with Crippen molar-refractivity contribution in [2.45, 2.75) is 73.9 Å². The smallest absolute Gasteiger partial charge is 0.382 e. The van der Waals surface area contributed by atoms with Gasteiger partial charge in [-0.15, -0.1) is 11.8 Å². The Labute approximate surface area is 318 Å². The van der Waals surface area contributed by atoms with Crippen molar-refractivity contribution in [2.24, 2.45) is 7.05 Å². The van der Waals surface area contributed by atoms with E-state index in [4.69, 9.17) is 22.3 Å². The van der Waals surface area contributed by atoms with Gasteiger partial charge in [-0.3, -0.25) is 14.2 Å². The molecule has 1 saturated carbocycles. The number of nitrogen functional groups attached to an aromatic ring is 1. The number of halogens is 8. The summed E-state index contributed by atoms with van der Waals surface area (Å²) in [5, 5.41) is 22.2. The number of aromatic nitrogens is 5. The predicted octanol–water partition coefficient (Wildman–Crippen LogP) is 7.46. The van der Waals surface area contributed by atoms with Gasteiger partial charge in [0.25, 0.3) is 5.92 Å². The maximum Gasteiger partial charge on any atom is 0.435 e. The Kier molecular flexibility index (Phi) is 9.83. The number of carbonyl (C=O) groups is 1. The average molecular weight is 806 g/mol. The Bertz CT molecular complexity index is 2390. The summed E-state index contributed by atoms with van der Waals surface area (Å²) in [5.41, 5.74) is 4.45. The van der Waals surface area contributed by atoms with E-state index in [2.05, 4.69) is 27.4 Å². The first-order valence-corrected chi connectivity index (χ1v) is 18.2. The summed E-state index contributed by atoms with van der Waals surface area (Å²) in [7, 11) is 1.62. The van der Waals surface area contributed by atoms with Gasteiger partial charge in [0.15, 0.2) is 16.4 Å². The van der Waals surface area contributed by atoms with Gasteiger partial charge < -0.3 is 16.2 Å². The number of hydrogen-bond acceptors (Lipinski definition) is 7. The number of aryl methyl sites for hydroxylation is 1. The molecule has 1 fully saturated rings. The number of hydrogen-bond donors (Lipinski definition) is 3. The molecule has 0 saturated heterocycles. The van der Waals surface area contributed by atoms with Gasteiger partial charge in [0.05, 0.1) is 27.7 Å². The van der Waals surface area contributed by atoms with Crippen LogP contribution in [0.1, 0.15) is 66.1 Å². The molecule has 4 N–H and O–H groups in total. The highest BCUT2D eigenvalue weighted by molar-refractivity contribution is 8.01. The van der Waals surface area contributed by atoms with E-state index in [1.54, 1.807) is 31.3 Å². The normalized spacial score (nSPS) is 16.7. The molecule has 0 spiro atoms. The summed E-state index contributed by atoms with van der Waals surface area (Å²) < 4.78 is 102. The zero-order valence-corrected chi connectivity index (χ0v) is 30.6. The molecule has 3 heterocycles. The third kappa shape index (κ3) is 7.98. The number of rotatable bonds is 9. The van der Waals surface area contributed by atoms with Crippen LogP contribution in [0.2, 0.25) is 5.02 Å². The highest BCUT2D eigenvalue weighted by Crippen LogP contribution is 2.47. The average Bonchev–Trinajstić information content (AvgIpc) is 3.59. The molecule has 2 unspecified atom stereocenters. The summed E-state index contributed by atoms with van der Waals surface area (Å²) in [6, 6.07) is 7.76. The fourth-order valence-corrected chi connectivity index (χ4v) is 8.21. The minimum Gasteiger partial charge on any atom is -0.382 e. The molecule has 2 atom stereocenters. The van der Waals surface area contributed by atoms with Gasteiger partial charge in [-0.05, 0) is 74.4 Å². The number of alkyl halides is 5. The fraction of sp³-hybridized carbons (Fsp3) is 0.351. The van der Waals surface area contributed by atoms with Crippen LogP contribution in [0, 0.1) is 23.5 Å². The van der Waals surface area contributed by atoms with E-state index in [0.717, 1.165) is 25.0 Å². The number of aliphatic hydroxyl groups is 1. The molecule has 18 heteroatoms. The molecule has 2 aliphatic rings. The van der Waals surface area contributed by atoms with Crippen LogP contribution in [0.3, 0.4) is 0 Å². The number of pyridine rings is 1. The number of anilines is 1. The Morgan fingerprint density at radius 1 is 1.13 bits per heavy atom. The Morgan fingerprint density at radius 2 is 1.82 bits per heavy atom. The Morgan fingerprint density at radius 3 is 2.49 bits per heavy atom. The van der Waals surface area contributed by atoms with Gasteiger partial charge in [-0.1, -0.05) is 23.6 Å². The van der Waals surface area contributed by atoms with E-state index in [1.807, 2.05) is 0 Å². The quantitative estimate of drug-likeness (QED) is 0.0804. The fourth-order valence-electron chi connectivity index (χ4n) is 6.83. The molecule has 288 valence electrons. The lowest BCUT2D eigenvalue weighted by atomic mass is 9.93. The van der Waals surface area contributed by atoms with Gasteiger partial charge in [-0.25, -0.2) is 13.8 Å². The van der Waals surface area contributed by atoms with Crippen molar-refractivity contribution < 1.29 is 40.6 Å². The molecule has 1 amide bonds. The van der Waals surface area contributed by atoms with Crippen LogP contribution in [0.25, 0.3) is 22.0 Å². The van der Waals surface area contributed by atoms with Crippen LogP contribution >= 0.6 is 23.4 Å². The zero-order valence-electron chi connectivity index (χ0n) is 29.0. The number of fused-ring (bicyclic) bond motifs is 2. The van der Waals surface area contributed by atoms with Crippen molar-refractivity contribution >= 4 is 46.0 Å². The van der Waals surface area contributed by atoms with Crippen LogP contribution in [-0.4, -0.2) is 45.7 Å². The SMILES string of the molecule is Cn1nc(N)c2c(Cl)ccc(-c3ccc(C#CC(C)(O)SC4CC4)nc3C(Cc3cc(F)cc(F)c3)NC(=O)Cn3nc(C(F)(F)F)c4c3C(F)(F)CC4)c21. The lowest BCUT2D eigenvalue weighted by Gasteiger charge is -2.23. The van der Waals surface area contributed by atoms with Crippen molar-refractivity contribution in [3.63, 3.8) is 0 Å². The van der Waals surface area contributed by atoms with Crippen LogP contribution < -0.4 is 11.1 Å². The molecular weight excluding hydrogens is 775 g/mol. The number of nitrogens with one attached hydrogen (secondary N) is 1. The second-order valence-corrected chi connectivity index (χ2v) is 15.7. The molecule has 7 rings (SSSR count). The Hall–Kier alpha value is -4.79. The summed E-state index contributed by atoms with van der Waals surface area (Å²) in [4.78, 5) is 17.1. The number of benzene rings is 2. The van der Waals surface area contributed by atoms with E-state index in [-0.39, 0.29) is 39.5 Å². The van der Waals surface area contributed by atoms with Gasteiger partial charge in [0.1, 0.15) is 29.6 Å². The molecule has 0 bridgehead atoms. The monoisotopic (exact) mass is 805 g/mol. The van der Waals surface area contributed by atoms with Gasteiger partial charge >= 0.3 is 6.18 Å². The first kappa shape index (κ1) is 38.5. The third-order valence-corrected chi connectivity index (χ3v) is 10.9. The molecule has 3 aromatic heterocycles. The highest BCUT2D eigenvalue weighted by Gasteiger charge is 2.50. The molecule has 0 radical (unpaired) electrons.